The Balaban J connectivity index is 1.61. The number of nitrogens with one attached hydrogen (secondary N) is 2. The van der Waals surface area contributed by atoms with E-state index in [9.17, 15) is 4.79 Å². The van der Waals surface area contributed by atoms with E-state index in [4.69, 9.17) is 23.2 Å². The zero-order valence-electron chi connectivity index (χ0n) is 13.7. The minimum Gasteiger partial charge on any atom is -0.370 e. The van der Waals surface area contributed by atoms with Crippen LogP contribution < -0.4 is 10.6 Å². The first-order chi connectivity index (χ1) is 12.6. The molecule has 0 atom stereocenters. The normalized spacial score (nSPS) is 10.4. The molecule has 0 saturated heterocycles. The van der Waals surface area contributed by atoms with Crippen molar-refractivity contribution in [2.45, 2.75) is 6.42 Å². The first-order valence-corrected chi connectivity index (χ1v) is 8.73. The average Bonchev–Trinajstić information content (AvgIpc) is 2.65. The Morgan fingerprint density at radius 2 is 1.81 bits per heavy atom. The molecule has 26 heavy (non-hydrogen) atoms. The van der Waals surface area contributed by atoms with E-state index in [-0.39, 0.29) is 11.6 Å². The van der Waals surface area contributed by atoms with E-state index in [1.807, 2.05) is 18.2 Å². The van der Waals surface area contributed by atoms with Gasteiger partial charge in [0.05, 0.1) is 10.7 Å². The van der Waals surface area contributed by atoms with Crippen molar-refractivity contribution in [1.29, 1.82) is 0 Å². The van der Waals surface area contributed by atoms with Gasteiger partial charge in [-0.3, -0.25) is 4.79 Å². The van der Waals surface area contributed by atoms with Crippen LogP contribution >= 0.6 is 23.2 Å². The Bertz CT molecular complexity index is 903. The standard InChI is InChI=1S/C19H16Cl2N4O/c20-14-6-7-16(15(21)10-14)25-19(26)17-11-18(24-12-23-17)22-9-8-13-4-2-1-3-5-13/h1-7,10-12H,8-9H2,(H,25,26)(H,22,23,24). The number of halogens is 2. The molecule has 0 fully saturated rings. The van der Waals surface area contributed by atoms with Crippen LogP contribution in [0, 0.1) is 0 Å². The summed E-state index contributed by atoms with van der Waals surface area (Å²) >= 11 is 11.9. The summed E-state index contributed by atoms with van der Waals surface area (Å²) in [5.74, 6) is 0.214. The lowest BCUT2D eigenvalue weighted by Gasteiger charge is -2.09. The number of amides is 1. The lowest BCUT2D eigenvalue weighted by Crippen LogP contribution is -2.15. The van der Waals surface area contributed by atoms with Crippen molar-refractivity contribution in [2.24, 2.45) is 0 Å². The third-order valence-corrected chi connectivity index (χ3v) is 4.19. The van der Waals surface area contributed by atoms with Crippen molar-refractivity contribution < 1.29 is 4.79 Å². The third-order valence-electron chi connectivity index (χ3n) is 3.64. The zero-order valence-corrected chi connectivity index (χ0v) is 15.3. The van der Waals surface area contributed by atoms with Crippen molar-refractivity contribution in [1.82, 2.24) is 9.97 Å². The first kappa shape index (κ1) is 18.2. The Labute approximate surface area is 161 Å². The van der Waals surface area contributed by atoms with Crippen LogP contribution in [0.3, 0.4) is 0 Å². The maximum Gasteiger partial charge on any atom is 0.274 e. The molecule has 0 unspecified atom stereocenters. The fourth-order valence-corrected chi connectivity index (χ4v) is 2.79. The molecule has 0 spiro atoms. The molecule has 3 rings (SSSR count). The molecule has 0 bridgehead atoms. The molecular weight excluding hydrogens is 371 g/mol. The van der Waals surface area contributed by atoms with Gasteiger partial charge in [0, 0.05) is 17.6 Å². The molecule has 2 N–H and O–H groups in total. The van der Waals surface area contributed by atoms with Gasteiger partial charge in [0.25, 0.3) is 5.91 Å². The molecule has 0 aliphatic rings. The van der Waals surface area contributed by atoms with Crippen LogP contribution in [0.5, 0.6) is 0 Å². The smallest absolute Gasteiger partial charge is 0.274 e. The first-order valence-electron chi connectivity index (χ1n) is 7.98. The summed E-state index contributed by atoms with van der Waals surface area (Å²) in [7, 11) is 0. The zero-order chi connectivity index (χ0) is 18.4. The van der Waals surface area contributed by atoms with Crippen LogP contribution in [0.4, 0.5) is 11.5 Å². The number of hydrogen-bond donors (Lipinski definition) is 2. The number of anilines is 2. The number of carbonyl (C=O) groups excluding carboxylic acids is 1. The highest BCUT2D eigenvalue weighted by Crippen LogP contribution is 2.25. The van der Waals surface area contributed by atoms with Gasteiger partial charge >= 0.3 is 0 Å². The molecule has 3 aromatic rings. The Kier molecular flexibility index (Phi) is 6.04. The molecule has 0 saturated carbocycles. The number of carbonyl (C=O) groups is 1. The molecule has 1 amide bonds. The largest absolute Gasteiger partial charge is 0.370 e. The van der Waals surface area contributed by atoms with Gasteiger partial charge in [-0.05, 0) is 30.2 Å². The third kappa shape index (κ3) is 4.94. The summed E-state index contributed by atoms with van der Waals surface area (Å²) in [5.41, 5.74) is 1.94. The van der Waals surface area contributed by atoms with Gasteiger partial charge in [-0.2, -0.15) is 0 Å². The number of benzene rings is 2. The minimum atomic E-state index is -0.372. The molecular formula is C19H16Cl2N4O. The van der Waals surface area contributed by atoms with Gasteiger partial charge in [-0.25, -0.2) is 9.97 Å². The van der Waals surface area contributed by atoms with Crippen molar-refractivity contribution in [3.63, 3.8) is 0 Å². The second kappa shape index (κ2) is 8.65. The van der Waals surface area contributed by atoms with Gasteiger partial charge in [0.15, 0.2) is 0 Å². The highest BCUT2D eigenvalue weighted by molar-refractivity contribution is 6.36. The van der Waals surface area contributed by atoms with E-state index in [0.29, 0.717) is 28.1 Å². The second-order valence-corrected chi connectivity index (χ2v) is 6.37. The SMILES string of the molecule is O=C(Nc1ccc(Cl)cc1Cl)c1cc(NCCc2ccccc2)ncn1. The van der Waals surface area contributed by atoms with Crippen LogP contribution in [-0.2, 0) is 6.42 Å². The van der Waals surface area contributed by atoms with Gasteiger partial charge < -0.3 is 10.6 Å². The molecule has 0 aliphatic carbocycles. The van der Waals surface area contributed by atoms with E-state index < -0.39 is 0 Å². The lowest BCUT2D eigenvalue weighted by molar-refractivity contribution is 0.102. The fraction of sp³-hybridized carbons (Fsp3) is 0.105. The van der Waals surface area contributed by atoms with Gasteiger partial charge in [0.1, 0.15) is 17.8 Å². The Hall–Kier alpha value is -2.63. The highest BCUT2D eigenvalue weighted by atomic mass is 35.5. The number of nitrogens with zero attached hydrogens (tertiary/aromatic N) is 2. The number of hydrogen-bond acceptors (Lipinski definition) is 4. The summed E-state index contributed by atoms with van der Waals surface area (Å²) in [6.45, 7) is 0.700. The topological polar surface area (TPSA) is 66.9 Å². The van der Waals surface area contributed by atoms with Crippen LogP contribution in [-0.4, -0.2) is 22.4 Å². The second-order valence-electron chi connectivity index (χ2n) is 5.53. The van der Waals surface area contributed by atoms with E-state index >= 15 is 0 Å². The van der Waals surface area contributed by atoms with Crippen molar-refractivity contribution in [2.75, 3.05) is 17.2 Å². The molecule has 0 aliphatic heterocycles. The molecule has 132 valence electrons. The van der Waals surface area contributed by atoms with Crippen molar-refractivity contribution in [3.05, 3.63) is 82.2 Å². The predicted octanol–water partition coefficient (Wildman–Crippen LogP) is 4.69. The Morgan fingerprint density at radius 3 is 2.58 bits per heavy atom. The summed E-state index contributed by atoms with van der Waals surface area (Å²) < 4.78 is 0. The monoisotopic (exact) mass is 386 g/mol. The van der Waals surface area contributed by atoms with Crippen LogP contribution in [0.15, 0.2) is 60.9 Å². The Morgan fingerprint density at radius 1 is 1.00 bits per heavy atom. The van der Waals surface area contributed by atoms with Crippen LogP contribution in [0.2, 0.25) is 10.0 Å². The average molecular weight is 387 g/mol. The van der Waals surface area contributed by atoms with Gasteiger partial charge in [-0.15, -0.1) is 0 Å². The van der Waals surface area contributed by atoms with Crippen LogP contribution in [0.1, 0.15) is 16.1 Å². The van der Waals surface area contributed by atoms with E-state index in [2.05, 4.69) is 32.7 Å². The molecule has 7 heteroatoms. The fourth-order valence-electron chi connectivity index (χ4n) is 2.33. The number of rotatable bonds is 6. The van der Waals surface area contributed by atoms with E-state index in [0.717, 1.165) is 6.42 Å². The van der Waals surface area contributed by atoms with Gasteiger partial charge in [0.2, 0.25) is 0 Å². The predicted molar refractivity (Wildman–Crippen MR) is 105 cm³/mol. The minimum absolute atomic E-state index is 0.244. The summed E-state index contributed by atoms with van der Waals surface area (Å²) in [5, 5.41) is 6.77. The van der Waals surface area contributed by atoms with Crippen molar-refractivity contribution in [3.8, 4) is 0 Å². The molecule has 1 aromatic heterocycles. The van der Waals surface area contributed by atoms with Crippen molar-refractivity contribution >= 4 is 40.6 Å². The summed E-state index contributed by atoms with van der Waals surface area (Å²) in [6, 6.07) is 16.6. The van der Waals surface area contributed by atoms with Crippen LogP contribution in [0.25, 0.3) is 0 Å². The maximum absolute atomic E-state index is 12.4. The molecule has 2 aromatic carbocycles. The van der Waals surface area contributed by atoms with Gasteiger partial charge in [-0.1, -0.05) is 53.5 Å². The number of aromatic nitrogens is 2. The molecule has 1 heterocycles. The quantitative estimate of drug-likeness (QED) is 0.644. The molecule has 5 nitrogen and oxygen atoms in total. The van der Waals surface area contributed by atoms with E-state index in [1.54, 1.807) is 24.3 Å². The summed E-state index contributed by atoms with van der Waals surface area (Å²) in [6.07, 6.45) is 2.20. The lowest BCUT2D eigenvalue weighted by atomic mass is 10.1. The maximum atomic E-state index is 12.4. The highest BCUT2D eigenvalue weighted by Gasteiger charge is 2.11. The summed E-state index contributed by atoms with van der Waals surface area (Å²) in [4.78, 5) is 20.5. The molecule has 0 radical (unpaired) electrons. The van der Waals surface area contributed by atoms with E-state index in [1.165, 1.54) is 11.9 Å².